The predicted molar refractivity (Wildman–Crippen MR) is 219 cm³/mol. The van der Waals surface area contributed by atoms with Gasteiger partial charge in [-0.05, 0) is 0 Å². The Balaban J connectivity index is 0.0000224. The van der Waals surface area contributed by atoms with E-state index in [1.54, 1.807) is 24.5 Å². The van der Waals surface area contributed by atoms with Crippen molar-refractivity contribution in [2.24, 2.45) is 0 Å². The largest absolute Gasteiger partial charge is 3.00 e. The number of aliphatic hydroxyl groups is 3. The van der Waals surface area contributed by atoms with E-state index in [2.05, 4.69) is 0 Å². The fourth-order valence-corrected chi connectivity index (χ4v) is 7.71. The molecule has 0 aromatic heterocycles. The number of carboxylic acid groups (broad SMARTS) is 6. The van der Waals surface area contributed by atoms with E-state index in [0.717, 1.165) is 0 Å². The summed E-state index contributed by atoms with van der Waals surface area (Å²) in [4.78, 5) is 84.2. The molecule has 3 N–H and O–H groups in total. The predicted octanol–water partition coefficient (Wildman–Crippen LogP) is -14.0. The summed E-state index contributed by atoms with van der Waals surface area (Å²) < 4.78 is 11.0. The number of carbonyl (C=O) groups is 6. The zero-order valence-corrected chi connectivity index (χ0v) is 43.1. The molecule has 0 bridgehead atoms. The Hall–Kier alpha value is -1.09. The zero-order valence-electron chi connectivity index (χ0n) is 38.6. The summed E-state index contributed by atoms with van der Waals surface area (Å²) in [5, 5.41) is 101. The van der Waals surface area contributed by atoms with Crippen LogP contribution in [0.5, 0.6) is 0 Å². The van der Waals surface area contributed by atoms with Crippen LogP contribution < -0.4 is 30.6 Å². The summed E-state index contributed by atoms with van der Waals surface area (Å²) >= 11 is 0. The van der Waals surface area contributed by atoms with E-state index in [-0.39, 0.29) is 250 Å². The first-order valence-electron chi connectivity index (χ1n) is 22.2. The van der Waals surface area contributed by atoms with Gasteiger partial charge in [-0.1, -0.05) is 0 Å². The van der Waals surface area contributed by atoms with Gasteiger partial charge >= 0.3 is 79.9 Å². The van der Waals surface area contributed by atoms with Crippen molar-refractivity contribution >= 4 is 35.8 Å². The zero-order chi connectivity index (χ0) is 48.9. The number of rotatable bonds is 28. The van der Waals surface area contributed by atoms with Crippen LogP contribution in [0.2, 0.25) is 0 Å². The first-order valence-corrected chi connectivity index (χ1v) is 22.2. The van der Waals surface area contributed by atoms with Crippen LogP contribution in [-0.2, 0) is 38.2 Å². The van der Waals surface area contributed by atoms with Crippen LogP contribution in [-0.4, -0.2) is 317 Å². The molecule has 2 heterocycles. The fourth-order valence-electron chi connectivity index (χ4n) is 7.71. The molecule has 392 valence electrons. The molecule has 0 saturated carbocycles. The third-order valence-electron chi connectivity index (χ3n) is 11.0. The summed E-state index contributed by atoms with van der Waals surface area (Å²) in [5.74, 6) is -8.03. The topological polar surface area (TPSA) is 349 Å². The Bertz CT molecular complexity index is 1300. The van der Waals surface area contributed by atoms with Gasteiger partial charge in [-0.3, -0.25) is 44.1 Å². The normalized spacial score (nSPS) is 19.2. The second kappa shape index (κ2) is 39.4. The number of hydrogen-bond acceptors (Lipinski definition) is 26. The molecule has 2 aliphatic heterocycles. The number of carbonyl (C=O) groups excluding carboxylic acids is 6. The Morgan fingerprint density at radius 2 is 0.618 bits per heavy atom. The second-order valence-electron chi connectivity index (χ2n) is 16.5. The van der Waals surface area contributed by atoms with Crippen molar-refractivity contribution in [1.29, 1.82) is 0 Å². The number of carboxylic acids is 6. The van der Waals surface area contributed by atoms with E-state index in [4.69, 9.17) is 14.6 Å². The van der Waals surface area contributed by atoms with E-state index < -0.39 is 87.3 Å². The fraction of sp³-hybridized carbons (Fsp3) is 0.850. The molecule has 0 amide bonds. The summed E-state index contributed by atoms with van der Waals surface area (Å²) in [6.45, 7) is 1.15. The maximum Gasteiger partial charge on any atom is 3.00 e. The monoisotopic (exact) mass is 1260 g/mol. The van der Waals surface area contributed by atoms with Crippen LogP contribution in [0.4, 0.5) is 0 Å². The average Bonchev–Trinajstić information content (AvgIpc) is 3.21. The molecule has 0 aliphatic carbocycles. The Labute approximate surface area is 462 Å². The third kappa shape index (κ3) is 34.3. The molecule has 2 atom stereocenters. The van der Waals surface area contributed by atoms with Crippen molar-refractivity contribution in [1.82, 2.24) is 44.1 Å². The second-order valence-corrected chi connectivity index (χ2v) is 16.5. The maximum absolute atomic E-state index is 11.6. The maximum atomic E-state index is 11.6. The number of aliphatic hydroxyl groups excluding tert-OH is 3. The van der Waals surface area contributed by atoms with Gasteiger partial charge in [-0.15, -0.1) is 0 Å². The van der Waals surface area contributed by atoms with Crippen molar-refractivity contribution in [3.63, 3.8) is 0 Å². The minimum Gasteiger partial charge on any atom is -0.549 e. The van der Waals surface area contributed by atoms with Gasteiger partial charge in [0.2, 0.25) is 0 Å². The van der Waals surface area contributed by atoms with Gasteiger partial charge in [-0.2, -0.15) is 0 Å². The van der Waals surface area contributed by atoms with E-state index in [0.29, 0.717) is 0 Å². The number of nitrogens with zero attached hydrogens (tertiary/aromatic N) is 9. The van der Waals surface area contributed by atoms with Crippen LogP contribution in [0.1, 0.15) is 0 Å². The van der Waals surface area contributed by atoms with E-state index in [9.17, 15) is 69.6 Å². The van der Waals surface area contributed by atoms with Gasteiger partial charge in [0, 0.05) is 177 Å². The van der Waals surface area contributed by atoms with Crippen molar-refractivity contribution in [3.8, 4) is 0 Å². The molecule has 68 heavy (non-hydrogen) atoms. The van der Waals surface area contributed by atoms with Gasteiger partial charge in [0.25, 0.3) is 0 Å². The smallest absolute Gasteiger partial charge is 0.549 e. The van der Waals surface area contributed by atoms with Gasteiger partial charge in [0.05, 0.1) is 81.1 Å². The molecule has 0 spiro atoms. The van der Waals surface area contributed by atoms with Crippen LogP contribution in [0.3, 0.4) is 0 Å². The Morgan fingerprint density at radius 3 is 0.838 bits per heavy atom. The van der Waals surface area contributed by atoms with E-state index in [1.807, 2.05) is 9.80 Å². The van der Waals surface area contributed by atoms with Crippen LogP contribution >= 0.6 is 0 Å². The molecular formula is C40H69Gd2N9O17. The Morgan fingerprint density at radius 1 is 0.397 bits per heavy atom. The SMILES string of the molecule is O=C([O-])CN1CCN(CC(=O)[O-])CCN(CC(O)CN(CCOCCOCCO)CC(O)CN2CCN(CC(=O)[O-])CCN(CC(=O)[O-])CCN(CC(=O)[O-])CC2)CCN(CC(=O)[O-])CC1.[Gd+3].[Gd+3]. The molecular weight excluding hydrogens is 1190 g/mol. The summed E-state index contributed by atoms with van der Waals surface area (Å²) in [6.07, 6.45) is -2.12. The first-order chi connectivity index (χ1) is 31.4. The van der Waals surface area contributed by atoms with Gasteiger partial charge in [0.1, 0.15) is 0 Å². The molecule has 2 aliphatic rings. The van der Waals surface area contributed by atoms with Gasteiger partial charge in [-0.25, -0.2) is 0 Å². The van der Waals surface area contributed by atoms with Gasteiger partial charge in [0.15, 0.2) is 0 Å². The van der Waals surface area contributed by atoms with Gasteiger partial charge < -0.3 is 84.2 Å². The van der Waals surface area contributed by atoms with Crippen LogP contribution in [0, 0.1) is 79.9 Å². The molecule has 2 unspecified atom stereocenters. The van der Waals surface area contributed by atoms with Crippen LogP contribution in [0.25, 0.3) is 0 Å². The molecule has 2 rings (SSSR count). The van der Waals surface area contributed by atoms with Crippen LogP contribution in [0.15, 0.2) is 0 Å². The minimum absolute atomic E-state index is 0. The quantitative estimate of drug-likeness (QED) is 0.0613. The molecule has 2 fully saturated rings. The first kappa shape index (κ1) is 66.9. The Kier molecular flexibility index (Phi) is 38.8. The molecule has 28 heteroatoms. The van der Waals surface area contributed by atoms with Crippen molar-refractivity contribution in [2.45, 2.75) is 12.2 Å². The molecule has 26 nitrogen and oxygen atoms in total. The molecule has 0 aromatic rings. The summed E-state index contributed by atoms with van der Waals surface area (Å²) in [7, 11) is 0. The third-order valence-corrected chi connectivity index (χ3v) is 11.0. The van der Waals surface area contributed by atoms with Crippen molar-refractivity contribution < 1.29 is 164 Å². The van der Waals surface area contributed by atoms with E-state index in [1.165, 1.54) is 9.80 Å². The molecule has 2 radical (unpaired) electrons. The minimum atomic E-state index is -1.34. The summed E-state index contributed by atoms with van der Waals surface area (Å²) in [6, 6.07) is 0. The standard InChI is InChI=1S/C40H75N9O17.2Gd/c50-18-20-66-22-21-65-19-17-49(25-33(51)23-41-1-5-43(27-35(53)54)9-13-47(31-39(61)62)14-10-44(6-2-41)28-36(55)56)26-34(52)24-42-3-7-45(29-37(57)58)11-15-48(32-40(63)64)16-12-46(8-4-42)30-38(59)60;;/h33-34,50-52H,1-32H2,(H,53,54)(H,55,56)(H,57,58)(H,59,60)(H,61,62)(H,63,64);;/q;2*+3/p-6. The number of hydrogen-bond donors (Lipinski definition) is 3. The number of ether oxygens (including phenoxy) is 2. The summed E-state index contributed by atoms with van der Waals surface area (Å²) in [5.41, 5.74) is 0. The van der Waals surface area contributed by atoms with Crippen molar-refractivity contribution in [3.05, 3.63) is 0 Å². The van der Waals surface area contributed by atoms with E-state index >= 15 is 0 Å². The van der Waals surface area contributed by atoms with Crippen molar-refractivity contribution in [2.75, 3.05) is 210 Å². The number of β-amino-alcohol motifs (C(OH)–C–C–N with tert-alkyl or cyclic N) is 2. The number of aliphatic carboxylic acids is 6. The molecule has 2 saturated heterocycles. The average molecular weight is 1260 g/mol. The molecule has 0 aromatic carbocycles.